The van der Waals surface area contributed by atoms with Gasteiger partial charge in [0.05, 0.1) is 34.2 Å². The van der Waals surface area contributed by atoms with Gasteiger partial charge in [0.1, 0.15) is 26.1 Å². The van der Waals surface area contributed by atoms with Crippen LogP contribution in [0.2, 0.25) is 16.6 Å². The monoisotopic (exact) mass is 888 g/mol. The van der Waals surface area contributed by atoms with Gasteiger partial charge in [0.25, 0.3) is 0 Å². The summed E-state index contributed by atoms with van der Waals surface area (Å²) in [5, 5.41) is 1.79. The number of halogens is 1. The van der Waals surface area contributed by atoms with Crippen molar-refractivity contribution in [3.05, 3.63) is 72.2 Å². The van der Waals surface area contributed by atoms with Gasteiger partial charge in [-0.05, 0) is 81.3 Å². The number of hydrogen-bond donors (Lipinski definition) is 0. The summed E-state index contributed by atoms with van der Waals surface area (Å²) >= 11 is 0. The number of anilines is 1. The van der Waals surface area contributed by atoms with Crippen LogP contribution in [0.5, 0.6) is 11.8 Å². The Bertz CT molecular complexity index is 2500. The molecular weight excluding hydrogens is 824 g/mol. The molecule has 13 heteroatoms. The molecule has 4 aliphatic rings. The molecule has 2 aromatic heterocycles. The van der Waals surface area contributed by atoms with Crippen molar-refractivity contribution < 1.29 is 28.1 Å². The maximum absolute atomic E-state index is 16.5. The standard InChI is InChI=1S/C51H65FN6O5Si/c1-31(2)64(32(3)4,33(5)6)19-18-36-14-13-15-39-45(36)40(20-44(46(39)52)62-30-60-12)42-21-43-41(24-53-42)47(56-27-37-16-17-38(28-56)58(37)49(59)63-50(9,10)11)55-48(54-43)61-29-51-22-34(7)25-57(51)26-35(8)23-51/h13-15,20-21,24,31-33,37-38H,7-8,16-17,22-23,25-30H2,1-6,9-12H3. The van der Waals surface area contributed by atoms with E-state index in [0.717, 1.165) is 49.7 Å². The Kier molecular flexibility index (Phi) is 12.4. The number of piperazine rings is 1. The van der Waals surface area contributed by atoms with Gasteiger partial charge in [-0.2, -0.15) is 9.97 Å². The van der Waals surface area contributed by atoms with Gasteiger partial charge in [-0.25, -0.2) is 9.18 Å². The predicted octanol–water partition coefficient (Wildman–Crippen LogP) is 10.5. The van der Waals surface area contributed by atoms with Crippen molar-refractivity contribution in [1.82, 2.24) is 24.8 Å². The summed E-state index contributed by atoms with van der Waals surface area (Å²) in [6.07, 6.45) is 4.91. The van der Waals surface area contributed by atoms with Crippen LogP contribution >= 0.6 is 0 Å². The average Bonchev–Trinajstić information content (AvgIpc) is 3.80. The molecule has 4 fully saturated rings. The Labute approximate surface area is 379 Å². The van der Waals surface area contributed by atoms with Crippen LogP contribution in [0.25, 0.3) is 32.9 Å². The second kappa shape index (κ2) is 17.4. The van der Waals surface area contributed by atoms with E-state index in [2.05, 4.69) is 76.0 Å². The Balaban J connectivity index is 1.27. The van der Waals surface area contributed by atoms with Crippen LogP contribution in [0.4, 0.5) is 15.0 Å². The van der Waals surface area contributed by atoms with Gasteiger partial charge in [0.15, 0.2) is 18.4 Å². The molecule has 64 heavy (non-hydrogen) atoms. The zero-order valence-corrected chi connectivity index (χ0v) is 40.4. The molecule has 2 bridgehead atoms. The van der Waals surface area contributed by atoms with Gasteiger partial charge in [0.2, 0.25) is 0 Å². The Morgan fingerprint density at radius 2 is 1.61 bits per heavy atom. The third kappa shape index (κ3) is 8.37. The first-order chi connectivity index (χ1) is 30.3. The summed E-state index contributed by atoms with van der Waals surface area (Å²) in [7, 11) is -0.642. The lowest BCUT2D eigenvalue weighted by molar-refractivity contribution is 0.0122. The Hall–Kier alpha value is -5.03. The van der Waals surface area contributed by atoms with Gasteiger partial charge in [-0.1, -0.05) is 83.9 Å². The van der Waals surface area contributed by atoms with Crippen LogP contribution in [-0.4, -0.2) is 109 Å². The molecule has 1 amide bonds. The smallest absolute Gasteiger partial charge is 0.410 e. The fourth-order valence-electron chi connectivity index (χ4n) is 11.3. The fraction of sp³-hybridized carbons (Fsp3) is 0.529. The highest BCUT2D eigenvalue weighted by Gasteiger charge is 2.49. The minimum atomic E-state index is -2.15. The van der Waals surface area contributed by atoms with Crippen LogP contribution in [0.1, 0.15) is 93.6 Å². The zero-order chi connectivity index (χ0) is 45.9. The molecule has 8 rings (SSSR count). The quantitative estimate of drug-likeness (QED) is 0.0626. The van der Waals surface area contributed by atoms with Crippen molar-refractivity contribution in [2.45, 2.75) is 128 Å². The number of carbonyl (C=O) groups is 1. The van der Waals surface area contributed by atoms with Crippen molar-refractivity contribution in [2.75, 3.05) is 51.6 Å². The first kappa shape index (κ1) is 45.5. The number of hydrogen-bond acceptors (Lipinski definition) is 10. The topological polar surface area (TPSA) is 102 Å². The molecule has 0 saturated carbocycles. The summed E-state index contributed by atoms with van der Waals surface area (Å²) in [6, 6.07) is 9.41. The molecule has 0 spiro atoms. The highest BCUT2D eigenvalue weighted by Crippen LogP contribution is 2.45. The third-order valence-corrected chi connectivity index (χ3v) is 20.3. The van der Waals surface area contributed by atoms with Crippen molar-refractivity contribution in [1.29, 1.82) is 0 Å². The minimum absolute atomic E-state index is 0.0452. The Morgan fingerprint density at radius 3 is 2.22 bits per heavy atom. The van der Waals surface area contributed by atoms with Crippen molar-refractivity contribution in [3.63, 3.8) is 0 Å². The van der Waals surface area contributed by atoms with E-state index in [1.54, 1.807) is 12.1 Å². The highest BCUT2D eigenvalue weighted by molar-refractivity contribution is 6.90. The molecular formula is C51H65FN6O5Si. The lowest BCUT2D eigenvalue weighted by Crippen LogP contribution is -2.57. The number of ether oxygens (including phenoxy) is 4. The molecule has 11 nitrogen and oxygen atoms in total. The normalized spacial score (nSPS) is 19.9. The van der Waals surface area contributed by atoms with Crippen molar-refractivity contribution >= 4 is 41.7 Å². The van der Waals surface area contributed by atoms with Crippen LogP contribution < -0.4 is 14.4 Å². The van der Waals surface area contributed by atoms with E-state index in [0.29, 0.717) is 69.7 Å². The number of rotatable bonds is 11. The predicted molar refractivity (Wildman–Crippen MR) is 255 cm³/mol. The van der Waals surface area contributed by atoms with Gasteiger partial charge in [-0.3, -0.25) is 14.8 Å². The molecule has 340 valence electrons. The van der Waals surface area contributed by atoms with Crippen LogP contribution in [0.15, 0.2) is 60.8 Å². The lowest BCUT2D eigenvalue weighted by Gasteiger charge is -2.42. The second-order valence-electron chi connectivity index (χ2n) is 20.5. The number of aromatic nitrogens is 3. The number of pyridine rings is 1. The lowest BCUT2D eigenvalue weighted by atomic mass is 9.92. The molecule has 0 aliphatic carbocycles. The van der Waals surface area contributed by atoms with Crippen molar-refractivity contribution in [2.24, 2.45) is 0 Å². The van der Waals surface area contributed by atoms with Crippen LogP contribution in [0.3, 0.4) is 0 Å². The third-order valence-electron chi connectivity index (χ3n) is 14.0. The molecule has 2 atom stereocenters. The van der Waals surface area contributed by atoms with Crippen LogP contribution in [-0.2, 0) is 9.47 Å². The van der Waals surface area contributed by atoms with Crippen molar-refractivity contribution in [3.8, 4) is 34.5 Å². The SMILES string of the molecule is C=C1CN2CC(=C)CC2(COc2nc(N3CC4CCC(C3)N4C(=O)OC(C)(C)C)c3cnc(-c4cc(OCOC)c(F)c5cccc(C#C[Si](C(C)C)(C(C)C)C(C)C)c45)cc3n2)C1. The van der Waals surface area contributed by atoms with Gasteiger partial charge in [0, 0.05) is 61.4 Å². The average molecular weight is 889 g/mol. The van der Waals surface area contributed by atoms with E-state index >= 15 is 4.39 Å². The summed E-state index contributed by atoms with van der Waals surface area (Å²) < 4.78 is 40.2. The number of carbonyl (C=O) groups excluding carboxylic acids is 1. The first-order valence-electron chi connectivity index (χ1n) is 22.9. The molecule has 4 aliphatic heterocycles. The van der Waals surface area contributed by atoms with E-state index in [4.69, 9.17) is 33.9 Å². The molecule has 2 aromatic carbocycles. The number of methoxy groups -OCH3 is 1. The molecule has 0 N–H and O–H groups in total. The fourth-order valence-corrected chi connectivity index (χ4v) is 16.6. The first-order valence-corrected chi connectivity index (χ1v) is 25.1. The van der Waals surface area contributed by atoms with E-state index < -0.39 is 19.5 Å². The molecule has 2 unspecified atom stereocenters. The molecule has 4 saturated heterocycles. The Morgan fingerprint density at radius 1 is 0.953 bits per heavy atom. The largest absolute Gasteiger partial charge is 0.464 e. The summed E-state index contributed by atoms with van der Waals surface area (Å²) in [5.41, 5.74) is 9.24. The van der Waals surface area contributed by atoms with E-state index in [1.807, 2.05) is 50.1 Å². The summed E-state index contributed by atoms with van der Waals surface area (Å²) in [6.45, 7) is 31.1. The van der Waals surface area contributed by atoms with Gasteiger partial charge < -0.3 is 23.8 Å². The minimum Gasteiger partial charge on any atom is -0.464 e. The summed E-state index contributed by atoms with van der Waals surface area (Å²) in [4.78, 5) is 35.4. The van der Waals surface area contributed by atoms with Gasteiger partial charge in [-0.15, -0.1) is 5.54 Å². The second-order valence-corrected chi connectivity index (χ2v) is 26.1. The van der Waals surface area contributed by atoms with E-state index in [9.17, 15) is 4.79 Å². The molecule has 4 aromatic rings. The number of benzene rings is 2. The maximum Gasteiger partial charge on any atom is 0.410 e. The number of nitrogens with zero attached hydrogens (tertiary/aromatic N) is 6. The van der Waals surface area contributed by atoms with Crippen LogP contribution in [0, 0.1) is 17.3 Å². The molecule has 0 radical (unpaired) electrons. The highest BCUT2D eigenvalue weighted by atomic mass is 28.3. The zero-order valence-electron chi connectivity index (χ0n) is 39.4. The maximum atomic E-state index is 16.5. The number of amides is 1. The number of fused-ring (bicyclic) bond motifs is 5. The van der Waals surface area contributed by atoms with E-state index in [-0.39, 0.29) is 42.3 Å². The van der Waals surface area contributed by atoms with Gasteiger partial charge >= 0.3 is 12.1 Å². The summed E-state index contributed by atoms with van der Waals surface area (Å²) in [5.74, 6) is 3.88. The van der Waals surface area contributed by atoms with E-state index in [1.165, 1.54) is 18.3 Å². The molecule has 6 heterocycles.